The van der Waals surface area contributed by atoms with Crippen molar-refractivity contribution in [3.05, 3.63) is 29.6 Å². The van der Waals surface area contributed by atoms with Crippen molar-refractivity contribution in [1.29, 1.82) is 0 Å². The Morgan fingerprint density at radius 2 is 2.14 bits per heavy atom. The number of primary amides is 1. The van der Waals surface area contributed by atoms with Crippen LogP contribution in [0.1, 0.15) is 10.4 Å². The zero-order valence-electron chi connectivity index (χ0n) is 11.2. The van der Waals surface area contributed by atoms with Gasteiger partial charge in [0.05, 0.1) is 5.56 Å². The molecule has 8 heteroatoms. The van der Waals surface area contributed by atoms with Crippen molar-refractivity contribution in [2.24, 2.45) is 5.73 Å². The van der Waals surface area contributed by atoms with Crippen molar-refractivity contribution in [3.63, 3.8) is 0 Å². The van der Waals surface area contributed by atoms with Gasteiger partial charge in [-0.2, -0.15) is 4.98 Å². The van der Waals surface area contributed by atoms with Crippen molar-refractivity contribution < 1.29 is 13.7 Å². The lowest BCUT2D eigenvalue weighted by Crippen LogP contribution is -2.44. The molecule has 0 saturated carbocycles. The maximum atomic E-state index is 13.9. The molecule has 3 N–H and O–H groups in total. The fourth-order valence-electron chi connectivity index (χ4n) is 2.16. The Kier molecular flexibility index (Phi) is 3.53. The number of amides is 1. The summed E-state index contributed by atoms with van der Waals surface area (Å²) in [6.07, 6.45) is 0. The zero-order chi connectivity index (χ0) is 14.8. The quantitative estimate of drug-likeness (QED) is 0.848. The summed E-state index contributed by atoms with van der Waals surface area (Å²) in [5.41, 5.74) is 5.45. The Balaban J connectivity index is 1.92. The van der Waals surface area contributed by atoms with Gasteiger partial charge in [-0.25, -0.2) is 4.39 Å². The zero-order valence-corrected chi connectivity index (χ0v) is 11.2. The van der Waals surface area contributed by atoms with Gasteiger partial charge in [0.15, 0.2) is 0 Å². The van der Waals surface area contributed by atoms with Crippen LogP contribution in [0.25, 0.3) is 11.5 Å². The number of nitrogens with two attached hydrogens (primary N) is 1. The summed E-state index contributed by atoms with van der Waals surface area (Å²) in [5, 5.41) is 7.07. The molecule has 110 valence electrons. The van der Waals surface area contributed by atoms with E-state index in [-0.39, 0.29) is 17.0 Å². The van der Waals surface area contributed by atoms with Gasteiger partial charge in [-0.1, -0.05) is 0 Å². The molecule has 1 amide bonds. The summed E-state index contributed by atoms with van der Waals surface area (Å²) in [6, 6.07) is 3.78. The Hall–Kier alpha value is -2.48. The molecule has 0 bridgehead atoms. The highest BCUT2D eigenvalue weighted by molar-refractivity contribution is 5.93. The Labute approximate surface area is 119 Å². The number of benzene rings is 1. The van der Waals surface area contributed by atoms with Gasteiger partial charge in [0.1, 0.15) is 5.82 Å². The van der Waals surface area contributed by atoms with Crippen LogP contribution in [0.15, 0.2) is 22.7 Å². The third kappa shape index (κ3) is 2.70. The van der Waals surface area contributed by atoms with Crippen LogP contribution < -0.4 is 16.0 Å². The molecule has 0 spiro atoms. The average molecular weight is 291 g/mol. The number of hydrogen-bond acceptors (Lipinski definition) is 6. The highest BCUT2D eigenvalue weighted by Crippen LogP contribution is 2.24. The van der Waals surface area contributed by atoms with Crippen molar-refractivity contribution in [2.75, 3.05) is 31.1 Å². The summed E-state index contributed by atoms with van der Waals surface area (Å²) in [5.74, 6) is -0.742. The molecule has 1 aliphatic rings. The maximum absolute atomic E-state index is 13.9. The van der Waals surface area contributed by atoms with Gasteiger partial charge in [0.2, 0.25) is 5.91 Å². The lowest BCUT2D eigenvalue weighted by atomic mass is 10.1. The summed E-state index contributed by atoms with van der Waals surface area (Å²) in [7, 11) is 0. The molecular formula is C13H14FN5O2. The minimum Gasteiger partial charge on any atom is -0.366 e. The van der Waals surface area contributed by atoms with Crippen LogP contribution in [0, 0.1) is 5.82 Å². The number of carbonyl (C=O) groups excluding carboxylic acids is 1. The Morgan fingerprint density at radius 3 is 2.86 bits per heavy atom. The van der Waals surface area contributed by atoms with Crippen molar-refractivity contribution in [1.82, 2.24) is 15.5 Å². The maximum Gasteiger partial charge on any atom is 0.266 e. The number of piperazine rings is 1. The SMILES string of the molecule is NC(=O)c1ccc(F)c(-c2nc(N3CCNCC3)no2)c1. The molecule has 7 nitrogen and oxygen atoms in total. The van der Waals surface area contributed by atoms with Gasteiger partial charge < -0.3 is 20.5 Å². The Morgan fingerprint density at radius 1 is 1.38 bits per heavy atom. The summed E-state index contributed by atoms with van der Waals surface area (Å²) < 4.78 is 19.0. The normalized spacial score (nSPS) is 15.2. The van der Waals surface area contributed by atoms with Crippen LogP contribution in [0.5, 0.6) is 0 Å². The van der Waals surface area contributed by atoms with Gasteiger partial charge in [0, 0.05) is 31.7 Å². The van der Waals surface area contributed by atoms with Crippen LogP contribution in [0.3, 0.4) is 0 Å². The van der Waals surface area contributed by atoms with E-state index < -0.39 is 11.7 Å². The standard InChI is InChI=1S/C13H14FN5O2/c14-10-2-1-8(11(15)20)7-9(10)12-17-13(18-21-12)19-5-3-16-4-6-19/h1-2,7,16H,3-6H2,(H2,15,20). The van der Waals surface area contributed by atoms with E-state index in [9.17, 15) is 9.18 Å². The van der Waals surface area contributed by atoms with Crippen LogP contribution in [-0.2, 0) is 0 Å². The lowest BCUT2D eigenvalue weighted by molar-refractivity contribution is 0.100. The second kappa shape index (κ2) is 5.49. The molecule has 1 aromatic carbocycles. The van der Waals surface area contributed by atoms with Gasteiger partial charge in [0.25, 0.3) is 11.8 Å². The van der Waals surface area contributed by atoms with Crippen molar-refractivity contribution in [3.8, 4) is 11.5 Å². The molecule has 1 aromatic heterocycles. The topological polar surface area (TPSA) is 97.3 Å². The van der Waals surface area contributed by atoms with Crippen LogP contribution >= 0.6 is 0 Å². The number of halogens is 1. The molecule has 0 atom stereocenters. The molecular weight excluding hydrogens is 277 g/mol. The van der Waals surface area contributed by atoms with Gasteiger partial charge in [-0.05, 0) is 23.4 Å². The van der Waals surface area contributed by atoms with E-state index >= 15 is 0 Å². The fourth-order valence-corrected chi connectivity index (χ4v) is 2.16. The van der Waals surface area contributed by atoms with E-state index in [1.807, 2.05) is 4.90 Å². The molecule has 21 heavy (non-hydrogen) atoms. The number of nitrogens with one attached hydrogen (secondary N) is 1. The van der Waals surface area contributed by atoms with Crippen LogP contribution in [0.2, 0.25) is 0 Å². The van der Waals surface area contributed by atoms with Gasteiger partial charge in [-0.15, -0.1) is 0 Å². The first-order valence-corrected chi connectivity index (χ1v) is 6.54. The predicted molar refractivity (Wildman–Crippen MR) is 73.3 cm³/mol. The lowest BCUT2D eigenvalue weighted by Gasteiger charge is -2.25. The average Bonchev–Trinajstić information content (AvgIpc) is 2.98. The van der Waals surface area contributed by atoms with Gasteiger partial charge >= 0.3 is 0 Å². The predicted octanol–water partition coefficient (Wildman–Crippen LogP) is 0.384. The molecule has 0 unspecified atom stereocenters. The second-order valence-electron chi connectivity index (χ2n) is 4.70. The first-order valence-electron chi connectivity index (χ1n) is 6.54. The van der Waals surface area contributed by atoms with E-state index in [4.69, 9.17) is 10.3 Å². The van der Waals surface area contributed by atoms with Crippen LogP contribution in [0.4, 0.5) is 10.3 Å². The molecule has 3 rings (SSSR count). The second-order valence-corrected chi connectivity index (χ2v) is 4.70. The summed E-state index contributed by atoms with van der Waals surface area (Å²) >= 11 is 0. The van der Waals surface area contributed by atoms with Gasteiger partial charge in [-0.3, -0.25) is 4.79 Å². The monoisotopic (exact) mass is 291 g/mol. The van der Waals surface area contributed by atoms with E-state index in [0.29, 0.717) is 5.95 Å². The highest BCUT2D eigenvalue weighted by atomic mass is 19.1. The number of aromatic nitrogens is 2. The molecule has 2 heterocycles. The molecule has 1 saturated heterocycles. The Bertz CT molecular complexity index is 666. The fraction of sp³-hybridized carbons (Fsp3) is 0.308. The first-order chi connectivity index (χ1) is 10.1. The molecule has 0 aliphatic carbocycles. The summed E-state index contributed by atoms with van der Waals surface area (Å²) in [4.78, 5) is 17.3. The minimum absolute atomic E-state index is 0.0316. The van der Waals surface area contributed by atoms with Crippen LogP contribution in [-0.4, -0.2) is 42.2 Å². The third-order valence-electron chi connectivity index (χ3n) is 3.30. The summed E-state index contributed by atoms with van der Waals surface area (Å²) in [6.45, 7) is 3.16. The smallest absolute Gasteiger partial charge is 0.266 e. The highest BCUT2D eigenvalue weighted by Gasteiger charge is 2.19. The molecule has 2 aromatic rings. The third-order valence-corrected chi connectivity index (χ3v) is 3.30. The minimum atomic E-state index is -0.641. The molecule has 1 fully saturated rings. The number of carbonyl (C=O) groups is 1. The number of rotatable bonds is 3. The largest absolute Gasteiger partial charge is 0.366 e. The van der Waals surface area contributed by atoms with E-state index in [1.54, 1.807) is 0 Å². The number of nitrogens with zero attached hydrogens (tertiary/aromatic N) is 3. The van der Waals surface area contributed by atoms with E-state index in [1.165, 1.54) is 12.1 Å². The van der Waals surface area contributed by atoms with Crippen molar-refractivity contribution >= 4 is 11.9 Å². The number of hydrogen-bond donors (Lipinski definition) is 2. The molecule has 1 aliphatic heterocycles. The first kappa shape index (κ1) is 13.5. The van der Waals surface area contributed by atoms with E-state index in [0.717, 1.165) is 32.2 Å². The van der Waals surface area contributed by atoms with Crippen molar-refractivity contribution in [2.45, 2.75) is 0 Å². The van der Waals surface area contributed by atoms with E-state index in [2.05, 4.69) is 15.5 Å². The molecule has 0 radical (unpaired) electrons. The number of anilines is 1.